The number of hydrogen-bond acceptors (Lipinski definition) is 6. The fourth-order valence-corrected chi connectivity index (χ4v) is 4.32. The molecule has 0 radical (unpaired) electrons. The van der Waals surface area contributed by atoms with E-state index in [1.165, 1.54) is 12.8 Å². The van der Waals surface area contributed by atoms with Crippen molar-refractivity contribution in [3.63, 3.8) is 0 Å². The first-order valence-corrected chi connectivity index (χ1v) is 10.4. The average Bonchev–Trinajstić information content (AvgIpc) is 3.37. The molecule has 7 heteroatoms. The number of hydrogen-bond donors (Lipinski definition) is 0. The molecule has 2 aromatic heterocycles. The second-order valence-electron chi connectivity index (χ2n) is 8.08. The van der Waals surface area contributed by atoms with Gasteiger partial charge in [-0.3, -0.25) is 9.78 Å². The number of methoxy groups -OCH3 is 1. The summed E-state index contributed by atoms with van der Waals surface area (Å²) in [5, 5.41) is 0. The number of amides is 1. The van der Waals surface area contributed by atoms with Gasteiger partial charge in [-0.05, 0) is 38.3 Å². The first-order chi connectivity index (χ1) is 14.0. The van der Waals surface area contributed by atoms with Gasteiger partial charge in [0.2, 0.25) is 11.9 Å². The Labute approximate surface area is 172 Å². The highest BCUT2D eigenvalue weighted by Gasteiger charge is 2.29. The Hall–Kier alpha value is -2.70. The minimum Gasteiger partial charge on any atom is -0.497 e. The standard InChI is InChI=1S/C22H29N5O2/c1-15-5-4-9-27(15)22-24-19(11-18-12-20(29-3)6-8-23-18)13-21(25-22)17-7-10-26(14-17)16(2)28/h6,8,12-13,15,17H,4-5,7,9-11,14H2,1-3H3. The van der Waals surface area contributed by atoms with E-state index in [0.717, 1.165) is 54.8 Å². The van der Waals surface area contributed by atoms with Gasteiger partial charge in [0.25, 0.3) is 0 Å². The van der Waals surface area contributed by atoms with Crippen molar-refractivity contribution in [1.82, 2.24) is 19.9 Å². The van der Waals surface area contributed by atoms with Gasteiger partial charge in [0.15, 0.2) is 0 Å². The highest BCUT2D eigenvalue weighted by molar-refractivity contribution is 5.73. The Morgan fingerprint density at radius 3 is 2.76 bits per heavy atom. The molecule has 0 saturated carbocycles. The smallest absolute Gasteiger partial charge is 0.226 e. The van der Waals surface area contributed by atoms with E-state index >= 15 is 0 Å². The number of rotatable bonds is 5. The Kier molecular flexibility index (Phi) is 5.65. The van der Waals surface area contributed by atoms with Crippen LogP contribution in [0.4, 0.5) is 5.95 Å². The molecule has 0 bridgehead atoms. The lowest BCUT2D eigenvalue weighted by molar-refractivity contribution is -0.127. The largest absolute Gasteiger partial charge is 0.497 e. The SMILES string of the molecule is COc1ccnc(Cc2cc(C3CCN(C(C)=O)C3)nc(N3CCCC3C)n2)c1. The Balaban J connectivity index is 1.65. The van der Waals surface area contributed by atoms with Crippen molar-refractivity contribution < 1.29 is 9.53 Å². The van der Waals surface area contributed by atoms with E-state index in [1.807, 2.05) is 17.0 Å². The highest BCUT2D eigenvalue weighted by Crippen LogP contribution is 2.30. The van der Waals surface area contributed by atoms with E-state index in [0.29, 0.717) is 12.5 Å². The summed E-state index contributed by atoms with van der Waals surface area (Å²) in [5.41, 5.74) is 2.92. The number of ether oxygens (including phenoxy) is 1. The summed E-state index contributed by atoms with van der Waals surface area (Å²) in [7, 11) is 1.66. The summed E-state index contributed by atoms with van der Waals surface area (Å²) in [6, 6.07) is 6.35. The van der Waals surface area contributed by atoms with Gasteiger partial charge in [-0.2, -0.15) is 0 Å². The predicted octanol–water partition coefficient (Wildman–Crippen LogP) is 2.80. The van der Waals surface area contributed by atoms with Gasteiger partial charge < -0.3 is 14.5 Å². The first-order valence-electron chi connectivity index (χ1n) is 10.4. The number of nitrogens with zero attached hydrogens (tertiary/aromatic N) is 5. The third-order valence-corrected chi connectivity index (χ3v) is 6.03. The maximum atomic E-state index is 11.8. The maximum absolute atomic E-state index is 11.8. The molecule has 2 aliphatic heterocycles. The molecule has 2 atom stereocenters. The van der Waals surface area contributed by atoms with E-state index in [9.17, 15) is 4.79 Å². The third kappa shape index (κ3) is 4.33. The number of carbonyl (C=O) groups is 1. The van der Waals surface area contributed by atoms with Crippen LogP contribution in [0.25, 0.3) is 0 Å². The van der Waals surface area contributed by atoms with E-state index in [1.54, 1.807) is 20.2 Å². The second-order valence-corrected chi connectivity index (χ2v) is 8.08. The number of aromatic nitrogens is 3. The summed E-state index contributed by atoms with van der Waals surface area (Å²) in [5.74, 6) is 2.00. The molecule has 4 rings (SSSR count). The zero-order valence-corrected chi connectivity index (χ0v) is 17.5. The molecule has 154 valence electrons. The molecule has 2 aromatic rings. The molecule has 0 aromatic carbocycles. The fourth-order valence-electron chi connectivity index (χ4n) is 4.32. The van der Waals surface area contributed by atoms with Gasteiger partial charge in [-0.15, -0.1) is 0 Å². The molecule has 4 heterocycles. The Morgan fingerprint density at radius 2 is 2.07 bits per heavy atom. The van der Waals surface area contributed by atoms with Gasteiger partial charge in [0.05, 0.1) is 18.5 Å². The third-order valence-electron chi connectivity index (χ3n) is 6.03. The van der Waals surface area contributed by atoms with Crippen molar-refractivity contribution in [2.75, 3.05) is 31.6 Å². The van der Waals surface area contributed by atoms with Gasteiger partial charge in [0.1, 0.15) is 5.75 Å². The first kappa shape index (κ1) is 19.6. The molecule has 2 unspecified atom stereocenters. The molecular formula is C22H29N5O2. The van der Waals surface area contributed by atoms with Crippen LogP contribution in [0.3, 0.4) is 0 Å². The van der Waals surface area contributed by atoms with Crippen LogP contribution in [-0.4, -0.2) is 58.5 Å². The number of pyridine rings is 1. The van der Waals surface area contributed by atoms with Crippen LogP contribution in [0.15, 0.2) is 24.4 Å². The number of carbonyl (C=O) groups excluding carboxylic acids is 1. The van der Waals surface area contributed by atoms with Crippen LogP contribution in [0.2, 0.25) is 0 Å². The topological polar surface area (TPSA) is 71.5 Å². The second kappa shape index (κ2) is 8.35. The zero-order valence-electron chi connectivity index (χ0n) is 17.5. The normalized spacial score (nSPS) is 21.6. The lowest BCUT2D eigenvalue weighted by Crippen LogP contribution is -2.29. The molecule has 0 N–H and O–H groups in total. The summed E-state index contributed by atoms with van der Waals surface area (Å²) in [6.45, 7) is 6.40. The van der Waals surface area contributed by atoms with E-state index in [4.69, 9.17) is 14.7 Å². The number of anilines is 1. The Bertz CT molecular complexity index is 887. The summed E-state index contributed by atoms with van der Waals surface area (Å²) in [4.78, 5) is 30.3. The molecule has 0 spiro atoms. The van der Waals surface area contributed by atoms with Crippen LogP contribution in [-0.2, 0) is 11.2 Å². The molecule has 2 saturated heterocycles. The van der Waals surface area contributed by atoms with Crippen molar-refractivity contribution in [2.24, 2.45) is 0 Å². The van der Waals surface area contributed by atoms with E-state index < -0.39 is 0 Å². The monoisotopic (exact) mass is 395 g/mol. The molecule has 1 amide bonds. The molecule has 2 fully saturated rings. The molecule has 29 heavy (non-hydrogen) atoms. The lowest BCUT2D eigenvalue weighted by Gasteiger charge is -2.23. The van der Waals surface area contributed by atoms with Crippen molar-refractivity contribution >= 4 is 11.9 Å². The minimum atomic E-state index is 0.135. The maximum Gasteiger partial charge on any atom is 0.226 e. The molecule has 0 aliphatic carbocycles. The van der Waals surface area contributed by atoms with Crippen LogP contribution in [0, 0.1) is 0 Å². The van der Waals surface area contributed by atoms with Crippen molar-refractivity contribution in [3.8, 4) is 5.75 Å². The summed E-state index contributed by atoms with van der Waals surface area (Å²) in [6.07, 6.45) is 5.68. The molecule has 7 nitrogen and oxygen atoms in total. The van der Waals surface area contributed by atoms with Crippen LogP contribution >= 0.6 is 0 Å². The fraction of sp³-hybridized carbons (Fsp3) is 0.545. The van der Waals surface area contributed by atoms with Gasteiger partial charge in [0, 0.05) is 62.9 Å². The summed E-state index contributed by atoms with van der Waals surface area (Å²) >= 11 is 0. The van der Waals surface area contributed by atoms with Crippen LogP contribution in [0.1, 0.15) is 56.1 Å². The predicted molar refractivity (Wildman–Crippen MR) is 111 cm³/mol. The molecular weight excluding hydrogens is 366 g/mol. The van der Waals surface area contributed by atoms with Crippen molar-refractivity contribution in [1.29, 1.82) is 0 Å². The van der Waals surface area contributed by atoms with Gasteiger partial charge >= 0.3 is 0 Å². The van der Waals surface area contributed by atoms with Gasteiger partial charge in [-0.1, -0.05) is 0 Å². The highest BCUT2D eigenvalue weighted by atomic mass is 16.5. The average molecular weight is 396 g/mol. The van der Waals surface area contributed by atoms with Gasteiger partial charge in [-0.25, -0.2) is 9.97 Å². The van der Waals surface area contributed by atoms with Crippen LogP contribution < -0.4 is 9.64 Å². The van der Waals surface area contributed by atoms with Crippen molar-refractivity contribution in [3.05, 3.63) is 41.5 Å². The lowest BCUT2D eigenvalue weighted by atomic mass is 10.0. The number of likely N-dealkylation sites (tertiary alicyclic amines) is 1. The van der Waals surface area contributed by atoms with E-state index in [2.05, 4.69) is 22.9 Å². The quantitative estimate of drug-likeness (QED) is 0.775. The zero-order chi connectivity index (χ0) is 20.4. The Morgan fingerprint density at radius 1 is 1.21 bits per heavy atom. The van der Waals surface area contributed by atoms with Crippen LogP contribution in [0.5, 0.6) is 5.75 Å². The minimum absolute atomic E-state index is 0.135. The summed E-state index contributed by atoms with van der Waals surface area (Å²) < 4.78 is 5.33. The van der Waals surface area contributed by atoms with E-state index in [-0.39, 0.29) is 11.8 Å². The van der Waals surface area contributed by atoms with Crippen molar-refractivity contribution in [2.45, 2.75) is 51.5 Å². The molecule has 2 aliphatic rings.